The lowest BCUT2D eigenvalue weighted by molar-refractivity contribution is -0.226. The number of carbonyl (C=O) groups is 3. The maximum absolute atomic E-state index is 13.5. The molecule has 5 unspecified atom stereocenters. The molecular weight excluding hydrogens is 681 g/mol. The lowest BCUT2D eigenvalue weighted by atomic mass is 9.43. The Balaban J connectivity index is 1.40. The molecule has 0 amide bonds. The Morgan fingerprint density at radius 1 is 0.796 bits per heavy atom. The minimum Gasteiger partial charge on any atom is -0.462 e. The van der Waals surface area contributed by atoms with Crippen molar-refractivity contribution in [2.75, 3.05) is 33.2 Å². The Morgan fingerprint density at radius 3 is 2.07 bits per heavy atom. The summed E-state index contributed by atoms with van der Waals surface area (Å²) in [5.41, 5.74) is 18.3. The number of nitrogens with two attached hydrogens (primary N) is 3. The molecular formula is C44H72N4O6. The van der Waals surface area contributed by atoms with Crippen LogP contribution in [0.3, 0.4) is 0 Å². The zero-order valence-corrected chi connectivity index (χ0v) is 33.9. The zero-order chi connectivity index (χ0) is 38.9. The van der Waals surface area contributed by atoms with E-state index >= 15 is 0 Å². The van der Waals surface area contributed by atoms with Gasteiger partial charge in [0, 0.05) is 37.1 Å². The highest BCUT2D eigenvalue weighted by molar-refractivity contribution is 5.70. The van der Waals surface area contributed by atoms with E-state index in [9.17, 15) is 14.4 Å². The monoisotopic (exact) mass is 753 g/mol. The zero-order valence-electron chi connectivity index (χ0n) is 33.9. The van der Waals surface area contributed by atoms with Crippen LogP contribution in [0.1, 0.15) is 123 Å². The summed E-state index contributed by atoms with van der Waals surface area (Å²) in [6, 6.07) is 10.6. The van der Waals surface area contributed by atoms with E-state index in [1.165, 1.54) is 5.56 Å². The van der Waals surface area contributed by atoms with Crippen molar-refractivity contribution in [3.8, 4) is 0 Å². The number of esters is 3. The summed E-state index contributed by atoms with van der Waals surface area (Å²) in [4.78, 5) is 42.0. The van der Waals surface area contributed by atoms with Crippen molar-refractivity contribution in [2.24, 2.45) is 63.5 Å². The maximum Gasteiger partial charge on any atom is 0.306 e. The van der Waals surface area contributed by atoms with Crippen LogP contribution < -0.4 is 17.2 Å². The minimum absolute atomic E-state index is 0.0543. The van der Waals surface area contributed by atoms with Crippen molar-refractivity contribution in [3.63, 3.8) is 0 Å². The fourth-order valence-corrected chi connectivity index (χ4v) is 11.8. The van der Waals surface area contributed by atoms with Gasteiger partial charge in [-0.25, -0.2) is 0 Å². The van der Waals surface area contributed by atoms with Gasteiger partial charge in [0.15, 0.2) is 0 Å². The number of carbonyl (C=O) groups excluding carboxylic acids is 3. The summed E-state index contributed by atoms with van der Waals surface area (Å²) in [6.07, 6.45) is 10.6. The van der Waals surface area contributed by atoms with Crippen LogP contribution in [0.15, 0.2) is 30.3 Å². The van der Waals surface area contributed by atoms with Gasteiger partial charge in [-0.2, -0.15) is 0 Å². The van der Waals surface area contributed by atoms with E-state index in [-0.39, 0.29) is 70.7 Å². The van der Waals surface area contributed by atoms with Crippen LogP contribution >= 0.6 is 0 Å². The Morgan fingerprint density at radius 2 is 1.43 bits per heavy atom. The van der Waals surface area contributed by atoms with Gasteiger partial charge in [-0.1, -0.05) is 51.1 Å². The van der Waals surface area contributed by atoms with Gasteiger partial charge in [0.05, 0.1) is 0 Å². The van der Waals surface area contributed by atoms with E-state index in [1.807, 2.05) is 0 Å². The summed E-state index contributed by atoms with van der Waals surface area (Å²) in [7, 11) is 2.20. The van der Waals surface area contributed by atoms with E-state index in [1.54, 1.807) is 0 Å². The second-order valence-corrected chi connectivity index (χ2v) is 17.9. The van der Waals surface area contributed by atoms with Crippen molar-refractivity contribution in [2.45, 2.75) is 142 Å². The number of hydrogen-bond acceptors (Lipinski definition) is 10. The Labute approximate surface area is 325 Å². The minimum atomic E-state index is -0.240. The molecule has 0 bridgehead atoms. The van der Waals surface area contributed by atoms with Crippen molar-refractivity contribution in [1.82, 2.24) is 4.90 Å². The molecule has 0 heterocycles. The lowest BCUT2D eigenvalue weighted by Gasteiger charge is -2.64. The first-order valence-electron chi connectivity index (χ1n) is 21.4. The maximum atomic E-state index is 13.5. The third-order valence-electron chi connectivity index (χ3n) is 14.5. The molecule has 10 heteroatoms. The van der Waals surface area contributed by atoms with Crippen LogP contribution in [0.25, 0.3) is 0 Å². The molecule has 304 valence electrons. The predicted molar refractivity (Wildman–Crippen MR) is 212 cm³/mol. The van der Waals surface area contributed by atoms with Gasteiger partial charge in [-0.3, -0.25) is 14.4 Å². The van der Waals surface area contributed by atoms with Crippen molar-refractivity contribution in [1.29, 1.82) is 0 Å². The van der Waals surface area contributed by atoms with Gasteiger partial charge in [-0.15, -0.1) is 0 Å². The second-order valence-electron chi connectivity index (χ2n) is 17.9. The van der Waals surface area contributed by atoms with Gasteiger partial charge in [0.2, 0.25) is 0 Å². The molecule has 11 atom stereocenters. The van der Waals surface area contributed by atoms with Crippen LogP contribution in [-0.4, -0.2) is 74.3 Å². The molecule has 4 saturated carbocycles. The molecule has 0 aromatic heterocycles. The normalized spacial score (nSPS) is 33.6. The standard InChI is InChI=1S/C44H72N4O6/c1-30(12-11-25-48(4)29-31-13-6-5-7-14-31)34-18-19-35-42-36(28-38(44(34,35)3)54-41(51)17-10-24-47)43(2)21-20-33(52-39(49)15-8-22-45)26-32(43)27-37(42)53-40(50)16-9-23-46/h5-7,13-14,30,32-38,42H,8-12,15-29,45-47H2,1-4H3/t30-,32?,33-,34?,35+,36+,37-,38+,42?,43?,44?/m1/s1. The first-order valence-corrected chi connectivity index (χ1v) is 21.4. The van der Waals surface area contributed by atoms with E-state index in [2.05, 4.69) is 63.1 Å². The van der Waals surface area contributed by atoms with E-state index in [0.717, 1.165) is 70.9 Å². The highest BCUT2D eigenvalue weighted by atomic mass is 16.6. The first-order chi connectivity index (χ1) is 25.9. The van der Waals surface area contributed by atoms with Crippen LogP contribution in [-0.2, 0) is 35.1 Å². The van der Waals surface area contributed by atoms with Crippen molar-refractivity contribution >= 4 is 17.9 Å². The molecule has 10 nitrogen and oxygen atoms in total. The topological polar surface area (TPSA) is 160 Å². The molecule has 5 rings (SSSR count). The molecule has 1 aromatic rings. The lowest BCUT2D eigenvalue weighted by Crippen LogP contribution is -2.63. The number of nitrogens with zero attached hydrogens (tertiary/aromatic N) is 1. The summed E-state index contributed by atoms with van der Waals surface area (Å²) >= 11 is 0. The number of rotatable bonds is 19. The van der Waals surface area contributed by atoms with Crippen LogP contribution in [0.5, 0.6) is 0 Å². The number of hydrogen-bond donors (Lipinski definition) is 3. The Hall–Kier alpha value is -2.53. The summed E-state index contributed by atoms with van der Waals surface area (Å²) in [5.74, 6) is 1.19. The third-order valence-corrected chi connectivity index (χ3v) is 14.5. The van der Waals surface area contributed by atoms with Gasteiger partial charge in [0.1, 0.15) is 18.3 Å². The fraction of sp³-hybridized carbons (Fsp3) is 0.795. The fourth-order valence-electron chi connectivity index (χ4n) is 11.8. The molecule has 1 aromatic carbocycles. The SMILES string of the molecule is C[C@H](CCCN(C)Cc1ccccc1)C1CC[C@H]2C3[C@H](OC(=O)CCCN)CC4C[C@H](OC(=O)CCCN)CCC4(C)[C@H]3C[C@H](OC(=O)CCCN)C12C. The smallest absolute Gasteiger partial charge is 0.306 e. The van der Waals surface area contributed by atoms with Gasteiger partial charge >= 0.3 is 17.9 Å². The molecule has 4 aliphatic rings. The first kappa shape index (κ1) is 42.6. The Kier molecular flexibility index (Phi) is 15.4. The molecule has 54 heavy (non-hydrogen) atoms. The third kappa shape index (κ3) is 9.88. The summed E-state index contributed by atoms with van der Waals surface area (Å²) < 4.78 is 19.2. The summed E-state index contributed by atoms with van der Waals surface area (Å²) in [6.45, 7) is 10.6. The second kappa shape index (κ2) is 19.6. The van der Waals surface area contributed by atoms with Gasteiger partial charge in [-0.05, 0) is 151 Å². The van der Waals surface area contributed by atoms with Gasteiger partial charge < -0.3 is 36.3 Å². The predicted octanol–water partition coefficient (Wildman–Crippen LogP) is 6.37. The van der Waals surface area contributed by atoms with Crippen molar-refractivity contribution in [3.05, 3.63) is 35.9 Å². The molecule has 0 radical (unpaired) electrons. The molecule has 0 saturated heterocycles. The van der Waals surface area contributed by atoms with E-state index in [4.69, 9.17) is 31.4 Å². The highest BCUT2D eigenvalue weighted by Gasteiger charge is 2.67. The van der Waals surface area contributed by atoms with Gasteiger partial charge in [0.25, 0.3) is 0 Å². The largest absolute Gasteiger partial charge is 0.462 e. The quantitative estimate of drug-likeness (QED) is 0.107. The van der Waals surface area contributed by atoms with E-state index in [0.29, 0.717) is 70.0 Å². The Bertz CT molecular complexity index is 1360. The van der Waals surface area contributed by atoms with Crippen molar-refractivity contribution < 1.29 is 28.6 Å². The molecule has 4 aliphatic carbocycles. The molecule has 6 N–H and O–H groups in total. The summed E-state index contributed by atoms with van der Waals surface area (Å²) in [5, 5.41) is 0. The number of fused-ring (bicyclic) bond motifs is 5. The van der Waals surface area contributed by atoms with Crippen LogP contribution in [0, 0.1) is 46.3 Å². The molecule has 4 fully saturated rings. The average Bonchev–Trinajstić information content (AvgIpc) is 3.51. The van der Waals surface area contributed by atoms with Crippen LogP contribution in [0.4, 0.5) is 0 Å². The van der Waals surface area contributed by atoms with Crippen LogP contribution in [0.2, 0.25) is 0 Å². The van der Waals surface area contributed by atoms with E-state index < -0.39 is 0 Å². The highest BCUT2D eigenvalue weighted by Crippen LogP contribution is 2.69. The molecule has 0 spiro atoms. The number of ether oxygens (including phenoxy) is 3. The number of benzene rings is 1. The average molecular weight is 753 g/mol. The molecule has 0 aliphatic heterocycles.